The van der Waals surface area contributed by atoms with Crippen LogP contribution in [-0.4, -0.2) is 63.7 Å². The van der Waals surface area contributed by atoms with Gasteiger partial charge in [-0.3, -0.25) is 19.2 Å². The number of esters is 1. The lowest BCUT2D eigenvalue weighted by atomic mass is 9.83. The Balaban J connectivity index is 2.09. The molecule has 4 rings (SSSR count). The van der Waals surface area contributed by atoms with Crippen LogP contribution in [0.3, 0.4) is 0 Å². The van der Waals surface area contributed by atoms with Crippen LogP contribution in [0.15, 0.2) is 72.4 Å². The number of unbranched alkanes of at least 4 members (excludes halogenated alkanes) is 8. The van der Waals surface area contributed by atoms with E-state index in [1.54, 1.807) is 49.4 Å². The zero-order valence-electron chi connectivity index (χ0n) is 42.4. The molecule has 1 aliphatic carbocycles. The maximum Gasteiger partial charge on any atom is 0.333 e. The van der Waals surface area contributed by atoms with Crippen LogP contribution in [0.25, 0.3) is 0 Å². The number of hydrogen-bond acceptors (Lipinski definition) is 10. The molecule has 374 valence electrons. The lowest BCUT2D eigenvalue weighted by Crippen LogP contribution is -2.25. The Hall–Kier alpha value is -5.61. The van der Waals surface area contributed by atoms with E-state index in [-0.39, 0.29) is 97.5 Å². The summed E-state index contributed by atoms with van der Waals surface area (Å²) in [7, 11) is 0. The molecular formula is C59H78O10. The molecule has 1 aliphatic rings. The van der Waals surface area contributed by atoms with Gasteiger partial charge in [-0.2, -0.15) is 0 Å². The molecule has 0 radical (unpaired) electrons. The van der Waals surface area contributed by atoms with E-state index in [9.17, 15) is 39.3 Å². The summed E-state index contributed by atoms with van der Waals surface area (Å²) in [6, 6.07) is 10.2. The Kier molecular flexibility index (Phi) is 22.8. The minimum atomic E-state index is -1.21. The van der Waals surface area contributed by atoms with Gasteiger partial charge in [-0.05, 0) is 133 Å². The molecule has 0 spiro atoms. The molecule has 10 heteroatoms. The fourth-order valence-corrected chi connectivity index (χ4v) is 8.90. The highest BCUT2D eigenvalue weighted by Gasteiger charge is 2.28. The number of phenols is 2. The van der Waals surface area contributed by atoms with Crippen LogP contribution in [0, 0.1) is 5.92 Å². The number of benzene rings is 3. The quantitative estimate of drug-likeness (QED) is 0.0305. The van der Waals surface area contributed by atoms with Crippen LogP contribution in [0.4, 0.5) is 0 Å². The van der Waals surface area contributed by atoms with E-state index in [1.165, 1.54) is 0 Å². The highest BCUT2D eigenvalue weighted by molar-refractivity contribution is 5.99. The van der Waals surface area contributed by atoms with Gasteiger partial charge in [0.25, 0.3) is 0 Å². The highest BCUT2D eigenvalue weighted by atomic mass is 16.6. The minimum Gasteiger partial charge on any atom is -0.507 e. The van der Waals surface area contributed by atoms with E-state index >= 15 is 0 Å². The number of Topliss-reactive ketones (excluding diaryl/α,β-unsaturated/α-hetero) is 4. The van der Waals surface area contributed by atoms with Crippen molar-refractivity contribution in [3.8, 4) is 17.2 Å². The second-order valence-corrected chi connectivity index (χ2v) is 19.1. The smallest absolute Gasteiger partial charge is 0.333 e. The van der Waals surface area contributed by atoms with Gasteiger partial charge in [0.05, 0.1) is 6.10 Å². The maximum absolute atomic E-state index is 14.1. The summed E-state index contributed by atoms with van der Waals surface area (Å²) in [4.78, 5) is 67.9. The normalized spacial score (nSPS) is 15.4. The van der Waals surface area contributed by atoms with Crippen LogP contribution in [0.1, 0.15) is 209 Å². The fraction of sp³-hybridized carbons (Fsp3) is 0.508. The topological polar surface area (TPSA) is 164 Å². The van der Waals surface area contributed by atoms with Crippen LogP contribution in [0.2, 0.25) is 0 Å². The standard InChI is InChI=1S/C59H78O10/c1-9-13-17-21-51(60)39(7)27-44-36-49-33-43(54(63)24-20-16-12-4)34-50(58(49)68-25-26-69-59(67)38(5)6)37-48-32-42(53(62)23-19-15-11-3)31-47(57(48)66)35-46-30-41(52(61)22-18-14-10-2)29-45(56(46)65)28-40(8)55(44)64/h27,29-34,40,55,64-66H,5,7,9-26,28,35-37H2,1-4,6,8H3/b44-27-. The molecule has 3 aromatic rings. The van der Waals surface area contributed by atoms with Crippen LogP contribution >= 0.6 is 0 Å². The zero-order valence-corrected chi connectivity index (χ0v) is 42.4. The van der Waals surface area contributed by atoms with Gasteiger partial charge in [-0.15, -0.1) is 0 Å². The first-order valence-corrected chi connectivity index (χ1v) is 25.5. The highest BCUT2D eigenvalue weighted by Crippen LogP contribution is 2.39. The molecule has 3 aromatic carbocycles. The predicted octanol–water partition coefficient (Wildman–Crippen LogP) is 12.8. The van der Waals surface area contributed by atoms with Crippen molar-refractivity contribution < 1.29 is 48.8 Å². The molecule has 10 nitrogen and oxygen atoms in total. The molecule has 6 bridgehead atoms. The third-order valence-corrected chi connectivity index (χ3v) is 13.0. The van der Waals surface area contributed by atoms with Crippen LogP contribution in [-0.2, 0) is 40.0 Å². The average molecular weight is 947 g/mol. The van der Waals surface area contributed by atoms with Crippen molar-refractivity contribution in [2.24, 2.45) is 5.92 Å². The second-order valence-electron chi connectivity index (χ2n) is 19.1. The number of ketones is 4. The average Bonchev–Trinajstić information content (AvgIpc) is 3.32. The molecule has 2 unspecified atom stereocenters. The van der Waals surface area contributed by atoms with Crippen molar-refractivity contribution >= 4 is 29.1 Å². The maximum atomic E-state index is 14.1. The lowest BCUT2D eigenvalue weighted by Gasteiger charge is -2.26. The second kappa shape index (κ2) is 28.2. The Bertz CT molecular complexity index is 2350. The van der Waals surface area contributed by atoms with Crippen molar-refractivity contribution in [3.63, 3.8) is 0 Å². The number of carbonyl (C=O) groups excluding carboxylic acids is 5. The summed E-state index contributed by atoms with van der Waals surface area (Å²) in [5, 5.41) is 36.9. The number of aliphatic hydroxyl groups excluding tert-OH is 1. The summed E-state index contributed by atoms with van der Waals surface area (Å²) < 4.78 is 12.0. The molecule has 0 aromatic heterocycles. The summed E-state index contributed by atoms with van der Waals surface area (Å²) in [5.74, 6) is -1.49. The number of fused-ring (bicyclic) bond motifs is 6. The van der Waals surface area contributed by atoms with E-state index < -0.39 is 18.0 Å². The molecule has 3 N–H and O–H groups in total. The number of carbonyl (C=O) groups is 5. The largest absolute Gasteiger partial charge is 0.507 e. The minimum absolute atomic E-state index is 0.00287. The molecule has 2 atom stereocenters. The van der Waals surface area contributed by atoms with Gasteiger partial charge in [-0.25, -0.2) is 4.79 Å². The van der Waals surface area contributed by atoms with Crippen LogP contribution in [0.5, 0.6) is 17.2 Å². The number of ether oxygens (including phenoxy) is 2. The van der Waals surface area contributed by atoms with Gasteiger partial charge in [0.2, 0.25) is 0 Å². The molecule has 0 saturated heterocycles. The van der Waals surface area contributed by atoms with E-state index in [4.69, 9.17) is 9.47 Å². The Labute approximate surface area is 411 Å². The molecule has 69 heavy (non-hydrogen) atoms. The molecular weight excluding hydrogens is 869 g/mol. The van der Waals surface area contributed by atoms with Crippen molar-refractivity contribution in [1.82, 2.24) is 0 Å². The number of aromatic hydroxyl groups is 2. The SMILES string of the molecule is C=C(C)C(=O)OCCOc1c2cc(C(=O)CCCCC)cc1Cc1cc(C(=O)CCCCC)cc(c1O)Cc1cc(C(=O)CCCCC)cc(c1O)CC(C)C(O)/C(=C\C(=C)C(=O)CCCCC)C2. The van der Waals surface area contributed by atoms with Crippen molar-refractivity contribution in [1.29, 1.82) is 0 Å². The van der Waals surface area contributed by atoms with E-state index in [0.29, 0.717) is 99.9 Å². The van der Waals surface area contributed by atoms with Gasteiger partial charge in [0.1, 0.15) is 30.5 Å². The lowest BCUT2D eigenvalue weighted by molar-refractivity contribution is -0.139. The van der Waals surface area contributed by atoms with E-state index in [1.807, 2.05) is 6.92 Å². The monoisotopic (exact) mass is 947 g/mol. The summed E-state index contributed by atoms with van der Waals surface area (Å²) in [6.07, 6.45) is 11.6. The first-order chi connectivity index (χ1) is 33.0. The molecule has 0 amide bonds. The Morgan fingerprint density at radius 1 is 0.594 bits per heavy atom. The zero-order chi connectivity index (χ0) is 50.6. The van der Waals surface area contributed by atoms with Crippen LogP contribution < -0.4 is 4.74 Å². The van der Waals surface area contributed by atoms with E-state index in [0.717, 1.165) is 51.4 Å². The third kappa shape index (κ3) is 16.5. The van der Waals surface area contributed by atoms with Gasteiger partial charge in [0, 0.05) is 66.4 Å². The number of hydrogen-bond donors (Lipinski definition) is 3. The summed E-state index contributed by atoms with van der Waals surface area (Å²) in [5.41, 5.74) is 4.61. The summed E-state index contributed by atoms with van der Waals surface area (Å²) >= 11 is 0. The van der Waals surface area contributed by atoms with Crippen molar-refractivity contribution in [3.05, 3.63) is 122 Å². The number of phenolic OH excluding ortho intramolecular Hbond substituents is 2. The molecule has 0 heterocycles. The predicted molar refractivity (Wildman–Crippen MR) is 274 cm³/mol. The molecule has 0 saturated carbocycles. The first-order valence-electron chi connectivity index (χ1n) is 25.5. The Morgan fingerprint density at radius 2 is 1.00 bits per heavy atom. The third-order valence-electron chi connectivity index (χ3n) is 13.0. The van der Waals surface area contributed by atoms with Crippen molar-refractivity contribution in [2.75, 3.05) is 13.2 Å². The van der Waals surface area contributed by atoms with Gasteiger partial charge in [0.15, 0.2) is 23.1 Å². The van der Waals surface area contributed by atoms with E-state index in [2.05, 4.69) is 40.9 Å². The molecule has 0 fully saturated rings. The number of aliphatic hydroxyl groups is 1. The number of allylic oxidation sites excluding steroid dienone is 2. The first kappa shape index (κ1) is 56.0. The van der Waals surface area contributed by atoms with Gasteiger partial charge >= 0.3 is 5.97 Å². The Morgan fingerprint density at radius 3 is 1.46 bits per heavy atom. The van der Waals surface area contributed by atoms with Crippen molar-refractivity contribution in [2.45, 2.75) is 176 Å². The fourth-order valence-electron chi connectivity index (χ4n) is 8.90. The number of rotatable bonds is 26. The molecule has 0 aliphatic heterocycles. The summed E-state index contributed by atoms with van der Waals surface area (Å²) in [6.45, 7) is 19.2. The van der Waals surface area contributed by atoms with Gasteiger partial charge < -0.3 is 24.8 Å². The van der Waals surface area contributed by atoms with Gasteiger partial charge in [-0.1, -0.05) is 99.1 Å².